The van der Waals surface area contributed by atoms with Crippen molar-refractivity contribution in [2.75, 3.05) is 19.8 Å². The molecule has 0 saturated carbocycles. The topological polar surface area (TPSA) is 44.2 Å². The van der Waals surface area contributed by atoms with Gasteiger partial charge in [-0.3, -0.25) is 0 Å². The number of hydrogen-bond acceptors (Lipinski definition) is 2. The zero-order chi connectivity index (χ0) is 9.28. The zero-order valence-corrected chi connectivity index (χ0v) is 8.79. The SMILES string of the molecule is CN(C)S(=N)(=O)CC(C)(C)C. The molecule has 11 heavy (non-hydrogen) atoms. The minimum Gasteiger partial charge on any atom is -0.240 e. The molecule has 4 heteroatoms. The van der Waals surface area contributed by atoms with E-state index in [2.05, 4.69) is 0 Å². The number of nitrogens with one attached hydrogen (secondary N) is 1. The summed E-state index contributed by atoms with van der Waals surface area (Å²) in [6.07, 6.45) is 0. The quantitative estimate of drug-likeness (QED) is 0.685. The standard InChI is InChI=1S/C7H18N2OS/c1-7(2,3)6-11(8,10)9(4)5/h8H,6H2,1-5H3. The molecular weight excluding hydrogens is 160 g/mol. The Bertz CT molecular complexity index is 211. The third-order valence-corrected chi connectivity index (χ3v) is 3.66. The molecule has 0 amide bonds. The molecule has 0 fully saturated rings. The minimum atomic E-state index is -2.52. The number of hydrogen-bond donors (Lipinski definition) is 1. The average molecular weight is 178 g/mol. The normalized spacial score (nSPS) is 18.4. The van der Waals surface area contributed by atoms with E-state index in [0.29, 0.717) is 5.75 Å². The van der Waals surface area contributed by atoms with Crippen molar-refractivity contribution >= 4 is 9.92 Å². The molecular formula is C7H18N2OS. The molecule has 1 N–H and O–H groups in total. The molecule has 3 nitrogen and oxygen atoms in total. The highest BCUT2D eigenvalue weighted by atomic mass is 32.2. The van der Waals surface area contributed by atoms with E-state index in [1.807, 2.05) is 20.8 Å². The molecule has 0 aromatic carbocycles. The van der Waals surface area contributed by atoms with Crippen LogP contribution in [0.1, 0.15) is 20.8 Å². The highest BCUT2D eigenvalue weighted by Gasteiger charge is 2.19. The van der Waals surface area contributed by atoms with Crippen molar-refractivity contribution in [3.05, 3.63) is 0 Å². The van der Waals surface area contributed by atoms with Crippen LogP contribution < -0.4 is 0 Å². The molecule has 0 aliphatic heterocycles. The van der Waals surface area contributed by atoms with Gasteiger partial charge in [0.05, 0.1) is 5.75 Å². The van der Waals surface area contributed by atoms with Crippen molar-refractivity contribution in [2.45, 2.75) is 20.8 Å². The maximum absolute atomic E-state index is 11.5. The monoisotopic (exact) mass is 178 g/mol. The van der Waals surface area contributed by atoms with Gasteiger partial charge in [0.2, 0.25) is 0 Å². The first-order valence-electron chi connectivity index (χ1n) is 3.59. The van der Waals surface area contributed by atoms with Crippen LogP contribution in [0.2, 0.25) is 0 Å². The van der Waals surface area contributed by atoms with E-state index in [0.717, 1.165) is 0 Å². The predicted molar refractivity (Wildman–Crippen MR) is 48.9 cm³/mol. The second-order valence-electron chi connectivity index (χ2n) is 4.16. The summed E-state index contributed by atoms with van der Waals surface area (Å²) in [6.45, 7) is 5.97. The fourth-order valence-electron chi connectivity index (χ4n) is 0.716. The molecule has 0 saturated heterocycles. The molecule has 0 aliphatic carbocycles. The van der Waals surface area contributed by atoms with Crippen LogP contribution in [0.4, 0.5) is 0 Å². The summed E-state index contributed by atoms with van der Waals surface area (Å²) >= 11 is 0. The third kappa shape index (κ3) is 4.37. The van der Waals surface area contributed by atoms with Crippen molar-refractivity contribution in [3.63, 3.8) is 0 Å². The van der Waals surface area contributed by atoms with Gasteiger partial charge in [0.1, 0.15) is 9.92 Å². The van der Waals surface area contributed by atoms with Crippen molar-refractivity contribution in [3.8, 4) is 0 Å². The van der Waals surface area contributed by atoms with Crippen LogP contribution in [0.3, 0.4) is 0 Å². The third-order valence-electron chi connectivity index (χ3n) is 1.22. The lowest BCUT2D eigenvalue weighted by molar-refractivity contribution is 0.459. The Hall–Kier alpha value is -0.0900. The molecule has 0 heterocycles. The van der Waals surface area contributed by atoms with E-state index < -0.39 is 9.92 Å². The van der Waals surface area contributed by atoms with Crippen LogP contribution in [0.5, 0.6) is 0 Å². The van der Waals surface area contributed by atoms with E-state index in [-0.39, 0.29) is 5.41 Å². The van der Waals surface area contributed by atoms with Gasteiger partial charge in [-0.15, -0.1) is 0 Å². The van der Waals surface area contributed by atoms with Gasteiger partial charge in [-0.05, 0) is 5.41 Å². The van der Waals surface area contributed by atoms with E-state index in [1.54, 1.807) is 14.1 Å². The van der Waals surface area contributed by atoms with Gasteiger partial charge in [0.15, 0.2) is 0 Å². The van der Waals surface area contributed by atoms with Crippen LogP contribution >= 0.6 is 0 Å². The molecule has 0 aromatic rings. The number of rotatable bonds is 2. The summed E-state index contributed by atoms with van der Waals surface area (Å²) in [5.41, 5.74) is -0.0386. The highest BCUT2D eigenvalue weighted by molar-refractivity contribution is 7.90. The lowest BCUT2D eigenvalue weighted by Gasteiger charge is -2.23. The molecule has 0 radical (unpaired) electrons. The van der Waals surface area contributed by atoms with E-state index in [9.17, 15) is 4.21 Å². The lowest BCUT2D eigenvalue weighted by Crippen LogP contribution is -2.30. The fourth-order valence-corrected chi connectivity index (χ4v) is 2.15. The second kappa shape index (κ2) is 3.11. The molecule has 0 bridgehead atoms. The Balaban J connectivity index is 4.40. The summed E-state index contributed by atoms with van der Waals surface area (Å²) in [6, 6.07) is 0. The van der Waals surface area contributed by atoms with Crippen LogP contribution in [-0.2, 0) is 9.92 Å². The van der Waals surface area contributed by atoms with Crippen molar-refractivity contribution < 1.29 is 4.21 Å². The van der Waals surface area contributed by atoms with Crippen LogP contribution in [0.15, 0.2) is 0 Å². The Kier molecular flexibility index (Phi) is 3.08. The van der Waals surface area contributed by atoms with Gasteiger partial charge in [-0.1, -0.05) is 20.8 Å². The zero-order valence-electron chi connectivity index (χ0n) is 7.97. The molecule has 68 valence electrons. The van der Waals surface area contributed by atoms with Crippen molar-refractivity contribution in [2.24, 2.45) is 5.41 Å². The summed E-state index contributed by atoms with van der Waals surface area (Å²) in [7, 11) is 0.841. The van der Waals surface area contributed by atoms with Gasteiger partial charge < -0.3 is 0 Å². The van der Waals surface area contributed by atoms with Crippen LogP contribution in [0.25, 0.3) is 0 Å². The molecule has 1 atom stereocenters. The Morgan fingerprint density at radius 3 is 1.82 bits per heavy atom. The van der Waals surface area contributed by atoms with Gasteiger partial charge >= 0.3 is 0 Å². The molecule has 0 rings (SSSR count). The van der Waals surface area contributed by atoms with Gasteiger partial charge in [-0.2, -0.15) is 0 Å². The fraction of sp³-hybridized carbons (Fsp3) is 1.00. The first kappa shape index (κ1) is 10.9. The summed E-state index contributed by atoms with van der Waals surface area (Å²) in [5.74, 6) is 0.424. The minimum absolute atomic E-state index is 0.0386. The van der Waals surface area contributed by atoms with E-state index in [1.165, 1.54) is 4.31 Å². The summed E-state index contributed by atoms with van der Waals surface area (Å²) in [5, 5.41) is 0. The molecule has 0 aromatic heterocycles. The van der Waals surface area contributed by atoms with E-state index in [4.69, 9.17) is 4.78 Å². The van der Waals surface area contributed by atoms with Gasteiger partial charge in [-0.25, -0.2) is 13.3 Å². The summed E-state index contributed by atoms with van der Waals surface area (Å²) in [4.78, 5) is 0. The van der Waals surface area contributed by atoms with Crippen LogP contribution in [-0.4, -0.2) is 28.4 Å². The maximum Gasteiger partial charge on any atom is 0.107 e. The predicted octanol–water partition coefficient (Wildman–Crippen LogP) is 1.56. The van der Waals surface area contributed by atoms with Crippen LogP contribution in [0, 0.1) is 10.2 Å². The average Bonchev–Trinajstić information content (AvgIpc) is 1.56. The van der Waals surface area contributed by atoms with Gasteiger partial charge in [0, 0.05) is 14.1 Å². The Labute approximate surface area is 69.9 Å². The molecule has 0 aliphatic rings. The first-order chi connectivity index (χ1) is 4.65. The Morgan fingerprint density at radius 1 is 1.36 bits per heavy atom. The van der Waals surface area contributed by atoms with Crippen molar-refractivity contribution in [1.82, 2.24) is 4.31 Å². The lowest BCUT2D eigenvalue weighted by atomic mass is 10.0. The van der Waals surface area contributed by atoms with Crippen molar-refractivity contribution in [1.29, 1.82) is 4.78 Å². The first-order valence-corrected chi connectivity index (χ1v) is 5.27. The van der Waals surface area contributed by atoms with E-state index >= 15 is 0 Å². The molecule has 1 unspecified atom stereocenters. The summed E-state index contributed by atoms with van der Waals surface area (Å²) < 4.78 is 20.5. The molecule has 0 spiro atoms. The Morgan fingerprint density at radius 2 is 1.73 bits per heavy atom. The maximum atomic E-state index is 11.5. The highest BCUT2D eigenvalue weighted by Crippen LogP contribution is 2.17. The smallest absolute Gasteiger partial charge is 0.107 e. The second-order valence-corrected chi connectivity index (χ2v) is 6.46. The number of nitrogens with zero attached hydrogens (tertiary/aromatic N) is 1. The largest absolute Gasteiger partial charge is 0.240 e. The van der Waals surface area contributed by atoms with Gasteiger partial charge in [0.25, 0.3) is 0 Å².